The van der Waals surface area contributed by atoms with Gasteiger partial charge in [0.05, 0.1) is 21.0 Å². The molecule has 0 radical (unpaired) electrons. The fraction of sp³-hybridized carbons (Fsp3) is 0.538. The molecule has 0 aliphatic carbocycles. The van der Waals surface area contributed by atoms with Gasteiger partial charge in [-0.3, -0.25) is 5.32 Å². The Morgan fingerprint density at radius 1 is 1.24 bits per heavy atom. The van der Waals surface area contributed by atoms with Crippen molar-refractivity contribution in [1.82, 2.24) is 5.32 Å². The molecule has 0 saturated heterocycles. The van der Waals surface area contributed by atoms with Crippen LogP contribution in [0.25, 0.3) is 0 Å². The average molecular weight is 239 g/mol. The smallest absolute Gasteiger partial charge is 0.122 e. The van der Waals surface area contributed by atoms with E-state index >= 15 is 0 Å². The Kier molecular flexibility index (Phi) is 4.78. The van der Waals surface area contributed by atoms with E-state index in [0.717, 1.165) is 17.1 Å². The molecule has 2 N–H and O–H groups in total. The molecule has 0 aliphatic rings. The van der Waals surface area contributed by atoms with E-state index in [1.54, 1.807) is 14.2 Å². The molecule has 17 heavy (non-hydrogen) atoms. The van der Waals surface area contributed by atoms with E-state index in [1.807, 2.05) is 18.2 Å². The zero-order valence-electron chi connectivity index (χ0n) is 10.9. The summed E-state index contributed by atoms with van der Waals surface area (Å²) in [6.45, 7) is 4.81. The van der Waals surface area contributed by atoms with Gasteiger partial charge in [-0.25, -0.2) is 0 Å². The zero-order chi connectivity index (χ0) is 12.9. The fourth-order valence-electron chi connectivity index (χ4n) is 1.81. The van der Waals surface area contributed by atoms with Gasteiger partial charge in [-0.1, -0.05) is 13.8 Å². The highest BCUT2D eigenvalue weighted by molar-refractivity contribution is 5.44. The molecule has 0 heterocycles. The molecule has 1 aromatic carbocycles. The van der Waals surface area contributed by atoms with Crippen molar-refractivity contribution in [2.45, 2.75) is 19.3 Å². The number of aliphatic hydroxyl groups is 1. The summed E-state index contributed by atoms with van der Waals surface area (Å²) in [5.74, 6) is 1.63. The van der Waals surface area contributed by atoms with Gasteiger partial charge >= 0.3 is 0 Å². The molecular weight excluding hydrogens is 218 g/mol. The van der Waals surface area contributed by atoms with E-state index in [-0.39, 0.29) is 12.1 Å². The summed E-state index contributed by atoms with van der Waals surface area (Å²) in [5.41, 5.74) is 0.906. The Morgan fingerprint density at radius 3 is 2.47 bits per heavy atom. The van der Waals surface area contributed by atoms with Crippen LogP contribution in [0.15, 0.2) is 18.2 Å². The number of rotatable bonds is 6. The van der Waals surface area contributed by atoms with Crippen molar-refractivity contribution in [2.24, 2.45) is 0 Å². The van der Waals surface area contributed by atoms with Gasteiger partial charge in [0, 0.05) is 17.5 Å². The van der Waals surface area contributed by atoms with Crippen LogP contribution in [0.5, 0.6) is 11.5 Å². The molecule has 0 spiro atoms. The summed E-state index contributed by atoms with van der Waals surface area (Å²) in [6, 6.07) is 5.74. The van der Waals surface area contributed by atoms with Gasteiger partial charge in [0.1, 0.15) is 11.5 Å². The van der Waals surface area contributed by atoms with Gasteiger partial charge < -0.3 is 14.6 Å². The molecule has 0 aliphatic heterocycles. The van der Waals surface area contributed by atoms with Crippen LogP contribution in [0.1, 0.15) is 19.4 Å². The predicted molar refractivity (Wildman–Crippen MR) is 67.7 cm³/mol. The van der Waals surface area contributed by atoms with Crippen molar-refractivity contribution in [3.8, 4) is 11.5 Å². The summed E-state index contributed by atoms with van der Waals surface area (Å²) in [5, 5.41) is 11.8. The minimum atomic E-state index is -0.150. The lowest BCUT2D eigenvalue weighted by molar-refractivity contribution is 0.246. The molecule has 1 rings (SSSR count). The second kappa shape index (κ2) is 5.89. The second-order valence-electron chi connectivity index (χ2n) is 4.53. The topological polar surface area (TPSA) is 50.7 Å². The summed E-state index contributed by atoms with van der Waals surface area (Å²) in [6.07, 6.45) is 0. The van der Waals surface area contributed by atoms with Crippen LogP contribution in [-0.2, 0) is 5.41 Å². The summed E-state index contributed by atoms with van der Waals surface area (Å²) >= 11 is 0. The van der Waals surface area contributed by atoms with Crippen LogP contribution in [0.2, 0.25) is 0 Å². The van der Waals surface area contributed by atoms with Crippen molar-refractivity contribution >= 4 is 0 Å². The molecule has 0 fully saturated rings. The number of benzene rings is 1. The van der Waals surface area contributed by atoms with Crippen LogP contribution in [0.4, 0.5) is 0 Å². The summed E-state index contributed by atoms with van der Waals surface area (Å²) in [7, 11) is 3.30. The number of nitrogens with one attached hydrogen (secondary N) is 1. The predicted octanol–water partition coefficient (Wildman–Crippen LogP) is 1.52. The lowest BCUT2D eigenvalue weighted by Gasteiger charge is -2.27. The maximum absolute atomic E-state index is 8.84. The number of methoxy groups -OCH3 is 2. The van der Waals surface area contributed by atoms with Crippen LogP contribution in [0, 0.1) is 0 Å². The third-order valence-corrected chi connectivity index (χ3v) is 2.81. The summed E-state index contributed by atoms with van der Waals surface area (Å²) in [4.78, 5) is 0. The molecule has 0 amide bonds. The molecule has 0 bridgehead atoms. The number of hydrogen-bond acceptors (Lipinski definition) is 4. The van der Waals surface area contributed by atoms with E-state index in [0.29, 0.717) is 6.54 Å². The minimum absolute atomic E-state index is 0.0320. The second-order valence-corrected chi connectivity index (χ2v) is 4.53. The Bertz CT molecular complexity index is 364. The zero-order valence-corrected chi connectivity index (χ0v) is 10.9. The molecule has 4 nitrogen and oxygen atoms in total. The van der Waals surface area contributed by atoms with Crippen molar-refractivity contribution in [2.75, 3.05) is 27.5 Å². The normalized spacial score (nSPS) is 11.4. The van der Waals surface area contributed by atoms with E-state index in [4.69, 9.17) is 14.6 Å². The van der Waals surface area contributed by atoms with Crippen LogP contribution < -0.4 is 14.8 Å². The van der Waals surface area contributed by atoms with Gasteiger partial charge in [-0.05, 0) is 18.2 Å². The Morgan fingerprint density at radius 2 is 1.94 bits per heavy atom. The van der Waals surface area contributed by atoms with Crippen molar-refractivity contribution in [3.63, 3.8) is 0 Å². The molecule has 0 aromatic heterocycles. The molecule has 96 valence electrons. The minimum Gasteiger partial charge on any atom is -0.497 e. The third kappa shape index (κ3) is 3.35. The Labute approximate surface area is 103 Å². The van der Waals surface area contributed by atoms with Gasteiger partial charge in [-0.2, -0.15) is 0 Å². The first-order valence-electron chi connectivity index (χ1n) is 5.59. The third-order valence-electron chi connectivity index (χ3n) is 2.81. The fourth-order valence-corrected chi connectivity index (χ4v) is 1.81. The maximum Gasteiger partial charge on any atom is 0.122 e. The maximum atomic E-state index is 8.84. The van der Waals surface area contributed by atoms with E-state index in [2.05, 4.69) is 19.2 Å². The van der Waals surface area contributed by atoms with Crippen molar-refractivity contribution in [3.05, 3.63) is 23.8 Å². The van der Waals surface area contributed by atoms with Crippen LogP contribution >= 0.6 is 0 Å². The Hall–Kier alpha value is -1.26. The number of aliphatic hydroxyl groups excluding tert-OH is 1. The average Bonchev–Trinajstić information content (AvgIpc) is 2.35. The highest BCUT2D eigenvalue weighted by atomic mass is 16.5. The first kappa shape index (κ1) is 13.8. The van der Waals surface area contributed by atoms with Gasteiger partial charge in [0.2, 0.25) is 0 Å². The molecule has 0 atom stereocenters. The molecule has 4 heteroatoms. The first-order chi connectivity index (χ1) is 8.05. The molecule has 1 aromatic rings. The van der Waals surface area contributed by atoms with Crippen molar-refractivity contribution < 1.29 is 14.6 Å². The lowest BCUT2D eigenvalue weighted by Crippen LogP contribution is -2.33. The molecule has 0 saturated carbocycles. The van der Waals surface area contributed by atoms with Gasteiger partial charge in [0.15, 0.2) is 0 Å². The lowest BCUT2D eigenvalue weighted by atomic mass is 9.83. The number of hydrogen-bond donors (Lipinski definition) is 2. The monoisotopic (exact) mass is 239 g/mol. The number of ether oxygens (including phenoxy) is 2. The highest BCUT2D eigenvalue weighted by Gasteiger charge is 2.24. The first-order valence-corrected chi connectivity index (χ1v) is 5.59. The molecule has 0 unspecified atom stereocenters. The highest BCUT2D eigenvalue weighted by Crippen LogP contribution is 2.34. The Balaban J connectivity index is 3.07. The largest absolute Gasteiger partial charge is 0.497 e. The quantitative estimate of drug-likeness (QED) is 0.739. The SMILES string of the molecule is COc1ccc(OC)c(C(C)(C)CNCO)c1. The van der Waals surface area contributed by atoms with E-state index < -0.39 is 0 Å². The molecular formula is C13H21NO3. The van der Waals surface area contributed by atoms with Gasteiger partial charge in [0.25, 0.3) is 0 Å². The van der Waals surface area contributed by atoms with Crippen molar-refractivity contribution in [1.29, 1.82) is 0 Å². The standard InChI is InChI=1S/C13H21NO3/c1-13(2,8-14-9-15)11-7-10(16-3)5-6-12(11)17-4/h5-7,14-15H,8-9H2,1-4H3. The van der Waals surface area contributed by atoms with E-state index in [1.165, 1.54) is 0 Å². The van der Waals surface area contributed by atoms with Crippen LogP contribution in [0.3, 0.4) is 0 Å². The van der Waals surface area contributed by atoms with Gasteiger partial charge in [-0.15, -0.1) is 0 Å². The van der Waals surface area contributed by atoms with Crippen LogP contribution in [-0.4, -0.2) is 32.6 Å². The summed E-state index contributed by atoms with van der Waals surface area (Å²) < 4.78 is 10.6. The van der Waals surface area contributed by atoms with E-state index in [9.17, 15) is 0 Å².